The van der Waals surface area contributed by atoms with E-state index in [0.717, 1.165) is 13.0 Å². The summed E-state index contributed by atoms with van der Waals surface area (Å²) in [6, 6.07) is 6.66. The predicted octanol–water partition coefficient (Wildman–Crippen LogP) is 0.897. The molecule has 6 heteroatoms. The van der Waals surface area contributed by atoms with Crippen LogP contribution in [-0.2, 0) is 10.0 Å². The van der Waals surface area contributed by atoms with Crippen LogP contribution in [0.2, 0.25) is 0 Å². The number of nitrogens with one attached hydrogen (secondary N) is 2. The molecule has 2 N–H and O–H groups in total. The summed E-state index contributed by atoms with van der Waals surface area (Å²) < 4.78 is 27.6. The zero-order valence-corrected chi connectivity index (χ0v) is 11.8. The first-order valence-electron chi connectivity index (χ1n) is 6.12. The lowest BCUT2D eigenvalue weighted by Gasteiger charge is -2.24. The Morgan fingerprint density at radius 1 is 1.47 bits per heavy atom. The highest BCUT2D eigenvalue weighted by Crippen LogP contribution is 2.21. The fourth-order valence-electron chi connectivity index (χ4n) is 2.24. The van der Waals surface area contributed by atoms with E-state index in [4.69, 9.17) is 5.26 Å². The standard InChI is InChI=1S/C13H17N3O2S/c1-10-3-4-11(8-14)7-12(10)19(17,18)16-13(2)5-6-15-9-13/h3-4,7,15-16H,5-6,9H2,1-2H3. The van der Waals surface area contributed by atoms with Gasteiger partial charge in [0.1, 0.15) is 0 Å². The lowest BCUT2D eigenvalue weighted by molar-refractivity contribution is 0.452. The highest BCUT2D eigenvalue weighted by atomic mass is 32.2. The van der Waals surface area contributed by atoms with E-state index in [1.165, 1.54) is 6.07 Å². The Balaban J connectivity index is 2.37. The number of nitriles is 1. The van der Waals surface area contributed by atoms with E-state index in [1.807, 2.05) is 13.0 Å². The van der Waals surface area contributed by atoms with Crippen LogP contribution in [0.15, 0.2) is 23.1 Å². The van der Waals surface area contributed by atoms with Gasteiger partial charge in [-0.1, -0.05) is 6.07 Å². The monoisotopic (exact) mass is 279 g/mol. The van der Waals surface area contributed by atoms with Gasteiger partial charge < -0.3 is 5.32 Å². The van der Waals surface area contributed by atoms with Crippen molar-refractivity contribution in [1.29, 1.82) is 5.26 Å². The van der Waals surface area contributed by atoms with Crippen molar-refractivity contribution >= 4 is 10.0 Å². The number of aryl methyl sites for hydroxylation is 1. The van der Waals surface area contributed by atoms with Gasteiger partial charge in [0.05, 0.1) is 16.5 Å². The minimum absolute atomic E-state index is 0.180. The van der Waals surface area contributed by atoms with Crippen molar-refractivity contribution in [3.05, 3.63) is 29.3 Å². The van der Waals surface area contributed by atoms with Gasteiger partial charge in [0, 0.05) is 12.1 Å². The summed E-state index contributed by atoms with van der Waals surface area (Å²) in [6.07, 6.45) is 0.753. The molecule has 0 bridgehead atoms. The SMILES string of the molecule is Cc1ccc(C#N)cc1S(=O)(=O)NC1(C)CCNC1. The molecule has 5 nitrogen and oxygen atoms in total. The highest BCUT2D eigenvalue weighted by molar-refractivity contribution is 7.89. The van der Waals surface area contributed by atoms with Crippen LogP contribution in [-0.4, -0.2) is 27.0 Å². The Bertz CT molecular complexity index is 626. The number of benzene rings is 1. The first kappa shape index (κ1) is 14.0. The second-order valence-corrected chi connectivity index (χ2v) is 6.84. The molecule has 19 heavy (non-hydrogen) atoms. The molecule has 0 radical (unpaired) electrons. The average molecular weight is 279 g/mol. The third-order valence-corrected chi connectivity index (χ3v) is 5.14. The smallest absolute Gasteiger partial charge is 0.241 e. The second-order valence-electron chi connectivity index (χ2n) is 5.19. The van der Waals surface area contributed by atoms with Crippen LogP contribution in [0.1, 0.15) is 24.5 Å². The molecule has 1 aromatic carbocycles. The maximum Gasteiger partial charge on any atom is 0.241 e. The van der Waals surface area contributed by atoms with Crippen molar-refractivity contribution < 1.29 is 8.42 Å². The van der Waals surface area contributed by atoms with Gasteiger partial charge in [-0.25, -0.2) is 13.1 Å². The first-order chi connectivity index (χ1) is 8.86. The summed E-state index contributed by atoms with van der Waals surface area (Å²) in [5.41, 5.74) is 0.523. The summed E-state index contributed by atoms with van der Waals surface area (Å²) in [5.74, 6) is 0. The second kappa shape index (κ2) is 4.93. The first-order valence-corrected chi connectivity index (χ1v) is 7.60. The Morgan fingerprint density at radius 2 is 2.21 bits per heavy atom. The third kappa shape index (κ3) is 2.95. The summed E-state index contributed by atoms with van der Waals surface area (Å²) in [7, 11) is -3.61. The van der Waals surface area contributed by atoms with E-state index in [2.05, 4.69) is 10.0 Å². The number of sulfonamides is 1. The van der Waals surface area contributed by atoms with E-state index in [9.17, 15) is 8.42 Å². The van der Waals surface area contributed by atoms with E-state index in [0.29, 0.717) is 17.7 Å². The molecular formula is C13H17N3O2S. The molecule has 1 fully saturated rings. The molecular weight excluding hydrogens is 262 g/mol. The van der Waals surface area contributed by atoms with Crippen LogP contribution in [0.25, 0.3) is 0 Å². The minimum Gasteiger partial charge on any atom is -0.315 e. The fraction of sp³-hybridized carbons (Fsp3) is 0.462. The molecule has 1 unspecified atom stereocenters. The van der Waals surface area contributed by atoms with Gasteiger partial charge in [0.25, 0.3) is 0 Å². The maximum absolute atomic E-state index is 12.4. The summed E-state index contributed by atoms with van der Waals surface area (Å²) in [6.45, 7) is 5.03. The Kier molecular flexibility index (Phi) is 3.63. The molecule has 1 heterocycles. The van der Waals surface area contributed by atoms with Crippen LogP contribution in [0.4, 0.5) is 0 Å². The largest absolute Gasteiger partial charge is 0.315 e. The molecule has 0 amide bonds. The summed E-state index contributed by atoms with van der Waals surface area (Å²) in [4.78, 5) is 0.180. The van der Waals surface area contributed by atoms with E-state index >= 15 is 0 Å². The molecule has 102 valence electrons. The van der Waals surface area contributed by atoms with Crippen molar-refractivity contribution in [1.82, 2.24) is 10.0 Å². The highest BCUT2D eigenvalue weighted by Gasteiger charge is 2.34. The van der Waals surface area contributed by atoms with E-state index in [1.54, 1.807) is 19.1 Å². The van der Waals surface area contributed by atoms with Crippen molar-refractivity contribution in [3.63, 3.8) is 0 Å². The van der Waals surface area contributed by atoms with Crippen LogP contribution in [0.5, 0.6) is 0 Å². The molecule has 0 saturated carbocycles. The molecule has 2 rings (SSSR count). The lowest BCUT2D eigenvalue weighted by Crippen LogP contribution is -2.47. The van der Waals surface area contributed by atoms with Gasteiger partial charge in [-0.05, 0) is 44.5 Å². The fourth-order valence-corrected chi connectivity index (χ4v) is 3.95. The third-order valence-electron chi connectivity index (χ3n) is 3.36. The van der Waals surface area contributed by atoms with Gasteiger partial charge in [0.2, 0.25) is 10.0 Å². The Labute approximate surface area is 113 Å². The molecule has 1 atom stereocenters. The van der Waals surface area contributed by atoms with Gasteiger partial charge in [-0.3, -0.25) is 0 Å². The Morgan fingerprint density at radius 3 is 2.79 bits per heavy atom. The molecule has 1 aromatic rings. The maximum atomic E-state index is 12.4. The minimum atomic E-state index is -3.61. The topological polar surface area (TPSA) is 82.0 Å². The van der Waals surface area contributed by atoms with Gasteiger partial charge in [0.15, 0.2) is 0 Å². The number of nitrogens with zero attached hydrogens (tertiary/aromatic N) is 1. The summed E-state index contributed by atoms with van der Waals surface area (Å²) >= 11 is 0. The average Bonchev–Trinajstić information content (AvgIpc) is 2.75. The van der Waals surface area contributed by atoms with Crippen LogP contribution in [0, 0.1) is 18.3 Å². The molecule has 1 saturated heterocycles. The number of hydrogen-bond donors (Lipinski definition) is 2. The summed E-state index contributed by atoms with van der Waals surface area (Å²) in [5, 5.41) is 12.0. The number of hydrogen-bond acceptors (Lipinski definition) is 4. The van der Waals surface area contributed by atoms with Crippen molar-refractivity contribution in [3.8, 4) is 6.07 Å². The molecule has 0 aromatic heterocycles. The zero-order chi connectivity index (χ0) is 14.1. The normalized spacial score (nSPS) is 23.2. The van der Waals surface area contributed by atoms with E-state index < -0.39 is 15.6 Å². The molecule has 1 aliphatic heterocycles. The number of rotatable bonds is 3. The van der Waals surface area contributed by atoms with Crippen LogP contribution in [0.3, 0.4) is 0 Å². The quantitative estimate of drug-likeness (QED) is 0.861. The van der Waals surface area contributed by atoms with Gasteiger partial charge in [-0.15, -0.1) is 0 Å². The molecule has 1 aliphatic rings. The lowest BCUT2D eigenvalue weighted by atomic mass is 10.0. The van der Waals surface area contributed by atoms with Crippen LogP contribution < -0.4 is 10.0 Å². The zero-order valence-electron chi connectivity index (χ0n) is 11.0. The van der Waals surface area contributed by atoms with E-state index in [-0.39, 0.29) is 4.90 Å². The molecule has 0 aliphatic carbocycles. The van der Waals surface area contributed by atoms with Gasteiger partial charge in [-0.2, -0.15) is 5.26 Å². The molecule has 0 spiro atoms. The van der Waals surface area contributed by atoms with Crippen molar-refractivity contribution in [2.75, 3.05) is 13.1 Å². The van der Waals surface area contributed by atoms with Crippen molar-refractivity contribution in [2.45, 2.75) is 30.7 Å². The van der Waals surface area contributed by atoms with Gasteiger partial charge >= 0.3 is 0 Å². The predicted molar refractivity (Wildman–Crippen MR) is 72.1 cm³/mol. The van der Waals surface area contributed by atoms with Crippen LogP contribution >= 0.6 is 0 Å². The Hall–Kier alpha value is -1.42. The van der Waals surface area contributed by atoms with Crippen molar-refractivity contribution in [2.24, 2.45) is 0 Å².